The van der Waals surface area contributed by atoms with Gasteiger partial charge in [-0.05, 0) is 13.8 Å². The van der Waals surface area contributed by atoms with Crippen LogP contribution in [0.5, 0.6) is 0 Å². The van der Waals surface area contributed by atoms with Gasteiger partial charge in [0.2, 0.25) is 0 Å². The van der Waals surface area contributed by atoms with Crippen molar-refractivity contribution >= 4 is 5.97 Å². The van der Waals surface area contributed by atoms with Crippen LogP contribution in [-0.4, -0.2) is 30.1 Å². The molecule has 0 bridgehead atoms. The summed E-state index contributed by atoms with van der Waals surface area (Å²) in [5.74, 6) is -2.12. The highest BCUT2D eigenvalue weighted by Crippen LogP contribution is 2.47. The molecule has 1 atom stereocenters. The Morgan fingerprint density at radius 1 is 1.50 bits per heavy atom. The van der Waals surface area contributed by atoms with Crippen molar-refractivity contribution in [3.8, 4) is 0 Å². The molecule has 1 aliphatic carbocycles. The van der Waals surface area contributed by atoms with Gasteiger partial charge in [-0.2, -0.15) is 0 Å². The minimum atomic E-state index is -0.836. The molecule has 0 radical (unpaired) electrons. The van der Waals surface area contributed by atoms with Crippen LogP contribution in [0, 0.1) is 5.92 Å². The van der Waals surface area contributed by atoms with Gasteiger partial charge < -0.3 is 14.6 Å². The average Bonchev–Trinajstić information content (AvgIpc) is 2.65. The molecule has 0 aliphatic heterocycles. The Morgan fingerprint density at radius 2 is 2.00 bits per heavy atom. The molecule has 70 valence electrons. The lowest BCUT2D eigenvalue weighted by atomic mass is 10.4. The van der Waals surface area contributed by atoms with E-state index in [1.165, 1.54) is 0 Å². The molecule has 1 aliphatic rings. The molecule has 0 aromatic rings. The second-order valence-electron chi connectivity index (χ2n) is 2.77. The summed E-state index contributed by atoms with van der Waals surface area (Å²) in [5.41, 5.74) is 0. The van der Waals surface area contributed by atoms with Crippen LogP contribution in [0.3, 0.4) is 0 Å². The Morgan fingerprint density at radius 3 is 2.25 bits per heavy atom. The van der Waals surface area contributed by atoms with Crippen LogP contribution in [0.2, 0.25) is 0 Å². The quantitative estimate of drug-likeness (QED) is 0.628. The molecule has 1 fully saturated rings. The Hall–Kier alpha value is -0.610. The van der Waals surface area contributed by atoms with Gasteiger partial charge in [0.05, 0.1) is 0 Å². The van der Waals surface area contributed by atoms with E-state index in [2.05, 4.69) is 0 Å². The zero-order chi connectivity index (χ0) is 9.19. The standard InChI is InChI=1S/C8H14O4/c1-3-11-8(12-4-2)5-6(8)7(9)10/h6H,3-5H2,1-2H3,(H,9,10). The number of carboxylic acids is 1. The third-order valence-corrected chi connectivity index (χ3v) is 1.93. The molecule has 0 aromatic heterocycles. The zero-order valence-corrected chi connectivity index (χ0v) is 7.37. The monoisotopic (exact) mass is 174 g/mol. The second-order valence-corrected chi connectivity index (χ2v) is 2.77. The van der Waals surface area contributed by atoms with Gasteiger partial charge in [-0.3, -0.25) is 4.79 Å². The highest BCUT2D eigenvalue weighted by atomic mass is 16.7. The predicted octanol–water partition coefficient (Wildman–Crippen LogP) is 0.860. The van der Waals surface area contributed by atoms with Crippen molar-refractivity contribution in [2.24, 2.45) is 5.92 Å². The summed E-state index contributed by atoms with van der Waals surface area (Å²) < 4.78 is 10.5. The Labute approximate surface area is 71.5 Å². The minimum absolute atomic E-state index is 0.475. The van der Waals surface area contributed by atoms with Crippen molar-refractivity contribution in [1.82, 2.24) is 0 Å². The molecule has 4 heteroatoms. The van der Waals surface area contributed by atoms with E-state index in [4.69, 9.17) is 14.6 Å². The predicted molar refractivity (Wildman–Crippen MR) is 41.7 cm³/mol. The van der Waals surface area contributed by atoms with Crippen molar-refractivity contribution in [2.45, 2.75) is 26.1 Å². The lowest BCUT2D eigenvalue weighted by Gasteiger charge is -2.15. The summed E-state index contributed by atoms with van der Waals surface area (Å²) in [6, 6.07) is 0. The van der Waals surface area contributed by atoms with Crippen LogP contribution in [0.15, 0.2) is 0 Å². The first kappa shape index (κ1) is 9.48. The lowest BCUT2D eigenvalue weighted by Crippen LogP contribution is -2.24. The molecular formula is C8H14O4. The topological polar surface area (TPSA) is 55.8 Å². The summed E-state index contributed by atoms with van der Waals surface area (Å²) in [4.78, 5) is 10.6. The fourth-order valence-electron chi connectivity index (χ4n) is 1.35. The normalized spacial score (nSPS) is 25.3. The van der Waals surface area contributed by atoms with Crippen LogP contribution in [-0.2, 0) is 14.3 Å². The number of hydrogen-bond acceptors (Lipinski definition) is 3. The first-order chi connectivity index (χ1) is 5.66. The van der Waals surface area contributed by atoms with Crippen LogP contribution in [0.25, 0.3) is 0 Å². The number of hydrogen-bond donors (Lipinski definition) is 1. The Bertz CT molecular complexity index is 172. The van der Waals surface area contributed by atoms with E-state index in [1.54, 1.807) is 0 Å². The number of carbonyl (C=O) groups is 1. The van der Waals surface area contributed by atoms with Crippen LogP contribution >= 0.6 is 0 Å². The van der Waals surface area contributed by atoms with Crippen LogP contribution < -0.4 is 0 Å². The van der Waals surface area contributed by atoms with Gasteiger partial charge in [-0.25, -0.2) is 0 Å². The van der Waals surface area contributed by atoms with Gasteiger partial charge in [0, 0.05) is 19.6 Å². The van der Waals surface area contributed by atoms with E-state index in [0.29, 0.717) is 19.6 Å². The maximum Gasteiger partial charge on any atom is 0.312 e. The molecule has 0 saturated heterocycles. The number of aliphatic carboxylic acids is 1. The Balaban J connectivity index is 2.49. The molecule has 1 rings (SSSR count). The summed E-state index contributed by atoms with van der Waals surface area (Å²) >= 11 is 0. The first-order valence-electron chi connectivity index (χ1n) is 4.17. The van der Waals surface area contributed by atoms with Crippen LogP contribution in [0.4, 0.5) is 0 Å². The second kappa shape index (κ2) is 3.41. The van der Waals surface area contributed by atoms with Crippen molar-refractivity contribution in [3.63, 3.8) is 0 Å². The SMILES string of the molecule is CCOC1(OCC)CC1C(=O)O. The molecule has 4 nitrogen and oxygen atoms in total. The third kappa shape index (κ3) is 1.59. The average molecular weight is 174 g/mol. The van der Waals surface area contributed by atoms with Crippen molar-refractivity contribution in [2.75, 3.05) is 13.2 Å². The van der Waals surface area contributed by atoms with Crippen LogP contribution in [0.1, 0.15) is 20.3 Å². The number of rotatable bonds is 5. The summed E-state index contributed by atoms with van der Waals surface area (Å²) in [7, 11) is 0. The van der Waals surface area contributed by atoms with Gasteiger partial charge in [0.1, 0.15) is 5.92 Å². The number of ether oxygens (including phenoxy) is 2. The smallest absolute Gasteiger partial charge is 0.312 e. The van der Waals surface area contributed by atoms with Gasteiger partial charge >= 0.3 is 5.97 Å². The molecular weight excluding hydrogens is 160 g/mol. The zero-order valence-electron chi connectivity index (χ0n) is 7.37. The molecule has 0 spiro atoms. The van der Waals surface area contributed by atoms with Gasteiger partial charge in [0.15, 0.2) is 5.79 Å². The number of carboxylic acid groups (broad SMARTS) is 1. The lowest BCUT2D eigenvalue weighted by molar-refractivity contribution is -0.179. The highest BCUT2D eigenvalue weighted by molar-refractivity contribution is 5.75. The molecule has 0 amide bonds. The molecule has 1 unspecified atom stereocenters. The van der Waals surface area contributed by atoms with Gasteiger partial charge in [0.25, 0.3) is 0 Å². The molecule has 12 heavy (non-hydrogen) atoms. The summed E-state index contributed by atoms with van der Waals surface area (Å²) in [6.45, 7) is 4.64. The van der Waals surface area contributed by atoms with E-state index >= 15 is 0 Å². The maximum absolute atomic E-state index is 10.6. The minimum Gasteiger partial charge on any atom is -0.481 e. The molecule has 0 aromatic carbocycles. The van der Waals surface area contributed by atoms with Crippen molar-refractivity contribution in [3.05, 3.63) is 0 Å². The van der Waals surface area contributed by atoms with E-state index in [9.17, 15) is 4.79 Å². The summed E-state index contributed by atoms with van der Waals surface area (Å²) in [5, 5.41) is 8.68. The van der Waals surface area contributed by atoms with E-state index in [-0.39, 0.29) is 0 Å². The fraction of sp³-hybridized carbons (Fsp3) is 0.875. The summed E-state index contributed by atoms with van der Waals surface area (Å²) in [6.07, 6.45) is 0.476. The Kier molecular flexibility index (Phi) is 2.69. The maximum atomic E-state index is 10.6. The van der Waals surface area contributed by atoms with Gasteiger partial charge in [-0.1, -0.05) is 0 Å². The van der Waals surface area contributed by atoms with Crippen molar-refractivity contribution < 1.29 is 19.4 Å². The van der Waals surface area contributed by atoms with E-state index in [1.807, 2.05) is 13.8 Å². The van der Waals surface area contributed by atoms with E-state index in [0.717, 1.165) is 0 Å². The molecule has 0 heterocycles. The van der Waals surface area contributed by atoms with Crippen molar-refractivity contribution in [1.29, 1.82) is 0 Å². The largest absolute Gasteiger partial charge is 0.481 e. The van der Waals surface area contributed by atoms with E-state index < -0.39 is 17.7 Å². The first-order valence-corrected chi connectivity index (χ1v) is 4.17. The molecule has 1 N–H and O–H groups in total. The highest BCUT2D eigenvalue weighted by Gasteiger charge is 2.61. The third-order valence-electron chi connectivity index (χ3n) is 1.93. The fourth-order valence-corrected chi connectivity index (χ4v) is 1.35. The van der Waals surface area contributed by atoms with Gasteiger partial charge in [-0.15, -0.1) is 0 Å². The molecule has 1 saturated carbocycles.